The molecule has 0 radical (unpaired) electrons. The van der Waals surface area contributed by atoms with Gasteiger partial charge < -0.3 is 31.5 Å². The highest BCUT2D eigenvalue weighted by Gasteiger charge is 2.38. The molecule has 0 aliphatic heterocycles. The molecule has 24 rings (SSSR count). The summed E-state index contributed by atoms with van der Waals surface area (Å²) < 4.78 is 23.1. The topological polar surface area (TPSA) is 38.8 Å². The third-order valence-electron chi connectivity index (χ3n) is 28.3. The average Bonchev–Trinajstić information content (AvgIpc) is 1.58. The number of nitrogens with zero attached hydrogens (tertiary/aromatic N) is 6. The van der Waals surface area contributed by atoms with Crippen LogP contribution in [0.5, 0.6) is 5.75 Å². The minimum Gasteiger partial charge on any atom is -0.497 e. The highest BCUT2D eigenvalue weighted by Crippen LogP contribution is 2.53. The molecule has 672 valence electrons. The second-order valence-corrected chi connectivity index (χ2v) is 67.8. The van der Waals surface area contributed by atoms with Crippen molar-refractivity contribution >= 4 is 130 Å². The third kappa shape index (κ3) is 16.4. The fourth-order valence-electron chi connectivity index (χ4n) is 22.3. The number of benzene rings is 12. The van der Waals surface area contributed by atoms with E-state index in [-0.39, 0.29) is 16.2 Å². The van der Waals surface area contributed by atoms with E-state index in [0.29, 0.717) is 0 Å². The van der Waals surface area contributed by atoms with Crippen LogP contribution in [0.4, 0.5) is 0 Å². The van der Waals surface area contributed by atoms with Gasteiger partial charge in [-0.05, 0) is 191 Å². The Hall–Kier alpha value is -10.5. The number of hydrogen-bond donors (Lipinski definition) is 0. The van der Waals surface area contributed by atoms with E-state index in [1.807, 2.05) is 0 Å². The van der Waals surface area contributed by atoms with Crippen molar-refractivity contribution in [3.05, 3.63) is 348 Å². The quantitative estimate of drug-likeness (QED) is 0.147. The van der Waals surface area contributed by atoms with Crippen molar-refractivity contribution in [3.8, 4) is 72.5 Å². The minimum atomic E-state index is -1.49. The van der Waals surface area contributed by atoms with E-state index in [0.717, 1.165) is 53.2 Å². The van der Waals surface area contributed by atoms with Gasteiger partial charge in [-0.3, -0.25) is 0 Å². The Balaban J connectivity index is 0.000000103. The first-order chi connectivity index (χ1) is 62.5. The molecular weight excluding hydrogens is 1800 g/mol. The zero-order valence-electron chi connectivity index (χ0n) is 82.3. The molecule has 0 N–H and O–H groups in total. The molecule has 6 aromatic heterocycles. The lowest BCUT2D eigenvalue weighted by Gasteiger charge is -2.24. The molecule has 0 saturated heterocycles. The molecule has 12 aromatic carbocycles. The maximum Gasteiger partial charge on any atom is 0.153 e. The van der Waals surface area contributed by atoms with Gasteiger partial charge in [0.2, 0.25) is 0 Å². The highest BCUT2D eigenvalue weighted by atomic mass is 79.9. The van der Waals surface area contributed by atoms with Gasteiger partial charge in [-0.15, -0.1) is 0 Å². The van der Waals surface area contributed by atoms with Gasteiger partial charge in [0.25, 0.3) is 0 Å². The maximum absolute atomic E-state index is 5.48. The van der Waals surface area contributed by atoms with Gasteiger partial charge >= 0.3 is 0 Å². The molecule has 7 nitrogen and oxygen atoms in total. The summed E-state index contributed by atoms with van der Waals surface area (Å²) in [6.45, 7) is 50.1. The SMILES string of the molecule is CC(C)(C)c1ccc2c(c1)c1c(n2C[Si](C)(C)C)Cc2ccccc2-1.CC(C)(C)c1ccc2c(c1)c1c(n2[Si](C)(C)C)Cc2ccccc2-1.COc1ccc2c(c1)c1c(n2C[Si](C)(C)C)Cc2ccccc2-1.C[Si](C)(C)n1c2c(c3cc(Br)ccc31)-c1ccccc1C2.Cn1c2c(c3cc(Br)ccc31)-c1ccccc1C2.Cn1c2c(c3cc(C(C)(C)C)ccc31)-c1ccccc1C2. The van der Waals surface area contributed by atoms with Crippen molar-refractivity contribution in [2.45, 2.75) is 208 Å². The van der Waals surface area contributed by atoms with Gasteiger partial charge in [0.05, 0.1) is 23.3 Å². The van der Waals surface area contributed by atoms with E-state index in [4.69, 9.17) is 4.74 Å². The van der Waals surface area contributed by atoms with E-state index in [1.54, 1.807) is 7.11 Å². The van der Waals surface area contributed by atoms with E-state index < -0.39 is 32.6 Å². The van der Waals surface area contributed by atoms with Crippen molar-refractivity contribution in [1.29, 1.82) is 0 Å². The molecule has 0 spiro atoms. The van der Waals surface area contributed by atoms with Gasteiger partial charge in [-0.25, -0.2) is 0 Å². The number of rotatable bonds is 7. The van der Waals surface area contributed by atoms with Crippen LogP contribution < -0.4 is 4.74 Å². The fraction of sp³-hybridized carbons (Fsp3) is 0.294. The fourth-order valence-corrected chi connectivity index (χ4v) is 29.5. The molecule has 0 amide bonds. The Bertz CT molecular complexity index is 7670. The highest BCUT2D eigenvalue weighted by molar-refractivity contribution is 9.10. The Morgan fingerprint density at radius 3 is 0.841 bits per heavy atom. The zero-order valence-corrected chi connectivity index (χ0v) is 89.4. The zero-order chi connectivity index (χ0) is 93.3. The van der Waals surface area contributed by atoms with Gasteiger partial charge in [0, 0.05) is 207 Å². The Kier molecular flexibility index (Phi) is 23.0. The standard InChI is InChI=1S/C23H29NSi.C22H27NSi.C20H23NOSi.C20H21N.C18H18BrNSi.C16H12BrN/c1-23(2,3)17-11-12-20-19(14-17)22-18-10-8-7-9-16(18)13-21(22)24(20)15-25(4,5)6;1-22(2,3)16-11-12-19-18(14-16)21-17-10-8-7-9-15(17)13-20(21)23(19)24(4,5)6;1-22-15-9-10-18-17(12-15)20-16-8-6-5-7-14(16)11-19(20)21(18)13-23(2,3)4;1-20(2,3)14-9-10-17-16(12-14)19-15-8-6-5-7-13(15)11-18(19)21(17)4;1-21(2,3)20-16-9-8-13(19)11-15(16)18-14-7-5-4-6-12(14)10-17(18)20;1-18-14-7-6-11(17)9-13(14)16-12-5-3-2-4-10(12)8-15(16)18/h7-12,14H,13,15H2,1-6H3;7-12,14H,13H2,1-6H3;5-10,12H,11,13H2,1-4H3;5-10,12H,11H2,1-4H3;4-9,11H,10H2,1-3H3;2-7,9H,8H2,1H3. The molecule has 6 aliphatic carbocycles. The van der Waals surface area contributed by atoms with Crippen LogP contribution in [-0.4, -0.2) is 66.5 Å². The van der Waals surface area contributed by atoms with Crippen LogP contribution in [0.15, 0.2) is 264 Å². The van der Waals surface area contributed by atoms with Crippen molar-refractivity contribution in [3.63, 3.8) is 0 Å². The monoisotopic (exact) mass is 1930 g/mol. The second-order valence-electron chi connectivity index (χ2n) is 45.5. The maximum atomic E-state index is 5.48. The molecule has 6 aliphatic rings. The largest absolute Gasteiger partial charge is 0.497 e. The lowest BCUT2D eigenvalue weighted by molar-refractivity contribution is 0.415. The number of aromatic nitrogens is 6. The summed E-state index contributed by atoms with van der Waals surface area (Å²) in [7, 11) is 0.737. The number of hydrogen-bond acceptors (Lipinski definition) is 1. The van der Waals surface area contributed by atoms with E-state index in [1.165, 1.54) is 229 Å². The summed E-state index contributed by atoms with van der Waals surface area (Å²) in [5.41, 5.74) is 48.1. The average molecular weight is 1930 g/mol. The predicted octanol–water partition coefficient (Wildman–Crippen LogP) is 32.9. The van der Waals surface area contributed by atoms with Crippen molar-refractivity contribution < 1.29 is 4.74 Å². The first-order valence-electron chi connectivity index (χ1n) is 47.7. The summed E-state index contributed by atoms with van der Waals surface area (Å²) in [5, 5.41) is 8.39. The summed E-state index contributed by atoms with van der Waals surface area (Å²) in [6, 6.07) is 94.2. The molecular formula is C119H130Br2N6OSi4. The first kappa shape index (κ1) is 90.7. The number of methoxy groups -OCH3 is 1. The first-order valence-corrected chi connectivity index (χ1v) is 63.6. The molecule has 0 bridgehead atoms. The Morgan fingerprint density at radius 2 is 0.515 bits per heavy atom. The molecule has 18 aromatic rings. The van der Waals surface area contributed by atoms with Crippen LogP contribution in [0.25, 0.3) is 132 Å². The van der Waals surface area contributed by atoms with Crippen LogP contribution in [-0.2, 0) is 81.2 Å². The summed E-state index contributed by atoms with van der Waals surface area (Å²) in [4.78, 5) is 0. The molecule has 0 unspecified atom stereocenters. The van der Waals surface area contributed by atoms with Crippen LogP contribution in [0, 0.1) is 0 Å². The van der Waals surface area contributed by atoms with Gasteiger partial charge in [-0.1, -0.05) is 337 Å². The molecule has 0 atom stereocenters. The van der Waals surface area contributed by atoms with Crippen molar-refractivity contribution in [2.24, 2.45) is 14.1 Å². The minimum absolute atomic E-state index is 0.181. The lowest BCUT2D eigenvalue weighted by Crippen LogP contribution is -2.33. The van der Waals surface area contributed by atoms with Crippen LogP contribution >= 0.6 is 31.9 Å². The van der Waals surface area contributed by atoms with E-state index in [9.17, 15) is 0 Å². The molecule has 132 heavy (non-hydrogen) atoms. The summed E-state index contributed by atoms with van der Waals surface area (Å²) >= 11 is 7.22. The van der Waals surface area contributed by atoms with Crippen LogP contribution in [0.1, 0.15) is 147 Å². The van der Waals surface area contributed by atoms with E-state index in [2.05, 4.69) is 468 Å². The van der Waals surface area contributed by atoms with Crippen molar-refractivity contribution in [1.82, 2.24) is 26.7 Å². The third-order valence-corrected chi connectivity index (χ3v) is 35.5. The van der Waals surface area contributed by atoms with E-state index >= 15 is 0 Å². The smallest absolute Gasteiger partial charge is 0.153 e. The normalized spacial score (nSPS) is 13.6. The number of fused-ring (bicyclic) bond motifs is 30. The number of aryl methyl sites for hydroxylation is 2. The molecule has 0 saturated carbocycles. The van der Waals surface area contributed by atoms with Gasteiger partial charge in [-0.2, -0.15) is 0 Å². The second kappa shape index (κ2) is 33.5. The number of halogens is 2. The molecule has 13 heteroatoms. The summed E-state index contributed by atoms with van der Waals surface area (Å²) in [5.74, 6) is 0.940. The Labute approximate surface area is 804 Å². The predicted molar refractivity (Wildman–Crippen MR) is 585 cm³/mol. The number of ether oxygens (including phenoxy) is 1. The summed E-state index contributed by atoms with van der Waals surface area (Å²) in [6.07, 6.45) is 8.75. The van der Waals surface area contributed by atoms with Gasteiger partial charge in [0.1, 0.15) is 5.75 Å². The van der Waals surface area contributed by atoms with Crippen LogP contribution in [0.3, 0.4) is 0 Å². The molecule has 6 heterocycles. The van der Waals surface area contributed by atoms with Crippen molar-refractivity contribution in [2.75, 3.05) is 7.11 Å². The van der Waals surface area contributed by atoms with Crippen LogP contribution in [0.2, 0.25) is 78.6 Å². The Morgan fingerprint density at radius 1 is 0.273 bits per heavy atom. The molecule has 0 fully saturated rings. The van der Waals surface area contributed by atoms with Gasteiger partial charge in [0.15, 0.2) is 16.5 Å². The lowest BCUT2D eigenvalue weighted by atomic mass is 9.86.